The standard InChI is InChI=1S/C13H12Cl3N3O2/c14-8-10(9(15)12(16)18-11(8)13(20)21)19-17-6-7-4-2-1-3-5-7/h1-2,6,17H,3-5H2,(H,18,19)(H,20,21). The number of rotatable bonds is 4. The van der Waals surface area contributed by atoms with Crippen LogP contribution in [0.5, 0.6) is 0 Å². The molecular weight excluding hydrogens is 337 g/mol. The third-order valence-corrected chi connectivity index (χ3v) is 4.00. The molecule has 1 aromatic rings. The van der Waals surface area contributed by atoms with Gasteiger partial charge in [0.15, 0.2) is 10.8 Å². The summed E-state index contributed by atoms with van der Waals surface area (Å²) in [5.74, 6) is -1.28. The molecule has 5 nitrogen and oxygen atoms in total. The number of carbonyl (C=O) groups is 1. The van der Waals surface area contributed by atoms with Gasteiger partial charge in [0.2, 0.25) is 0 Å². The second-order valence-electron chi connectivity index (χ2n) is 4.35. The molecule has 1 aromatic heterocycles. The highest BCUT2D eigenvalue weighted by Crippen LogP contribution is 2.36. The van der Waals surface area contributed by atoms with Crippen molar-refractivity contribution in [1.82, 2.24) is 10.4 Å². The lowest BCUT2D eigenvalue weighted by atomic mass is 10.0. The van der Waals surface area contributed by atoms with Crippen LogP contribution in [0.25, 0.3) is 0 Å². The summed E-state index contributed by atoms with van der Waals surface area (Å²) in [5, 5.41) is 8.84. The number of anilines is 1. The second kappa shape index (κ2) is 7.02. The van der Waals surface area contributed by atoms with Crippen LogP contribution in [0.15, 0.2) is 23.9 Å². The van der Waals surface area contributed by atoms with Gasteiger partial charge in [0.25, 0.3) is 0 Å². The number of halogens is 3. The molecule has 0 saturated carbocycles. The molecule has 3 N–H and O–H groups in total. The van der Waals surface area contributed by atoms with Crippen molar-refractivity contribution < 1.29 is 9.90 Å². The smallest absolute Gasteiger partial charge is 0.356 e. The maximum atomic E-state index is 11.0. The first kappa shape index (κ1) is 15.9. The molecule has 0 unspecified atom stereocenters. The Hall–Kier alpha value is -1.43. The van der Waals surface area contributed by atoms with Crippen LogP contribution in [0.1, 0.15) is 29.8 Å². The summed E-state index contributed by atoms with van der Waals surface area (Å²) in [6.07, 6.45) is 8.84. The van der Waals surface area contributed by atoms with Gasteiger partial charge in [0.05, 0.1) is 5.69 Å². The van der Waals surface area contributed by atoms with Gasteiger partial charge >= 0.3 is 5.97 Å². The third-order valence-electron chi connectivity index (χ3n) is 2.89. The predicted molar refractivity (Wildman–Crippen MR) is 84.1 cm³/mol. The first-order valence-corrected chi connectivity index (χ1v) is 7.26. The Balaban J connectivity index is 2.19. The molecule has 2 rings (SSSR count). The van der Waals surface area contributed by atoms with E-state index in [-0.39, 0.29) is 26.6 Å². The van der Waals surface area contributed by atoms with Crippen molar-refractivity contribution in [1.29, 1.82) is 0 Å². The summed E-state index contributed by atoms with van der Waals surface area (Å²) in [7, 11) is 0. The van der Waals surface area contributed by atoms with Crippen LogP contribution in [-0.2, 0) is 0 Å². The van der Waals surface area contributed by atoms with Crippen molar-refractivity contribution in [3.8, 4) is 0 Å². The van der Waals surface area contributed by atoms with Crippen molar-refractivity contribution >= 4 is 46.5 Å². The first-order chi connectivity index (χ1) is 10.0. The van der Waals surface area contributed by atoms with E-state index in [1.807, 2.05) is 0 Å². The molecule has 0 atom stereocenters. The molecule has 0 aliphatic heterocycles. The molecule has 0 aromatic carbocycles. The molecule has 21 heavy (non-hydrogen) atoms. The van der Waals surface area contributed by atoms with Crippen molar-refractivity contribution in [3.05, 3.63) is 44.8 Å². The number of aromatic nitrogens is 1. The number of allylic oxidation sites excluding steroid dienone is 3. The number of pyridine rings is 1. The zero-order valence-electron chi connectivity index (χ0n) is 10.8. The van der Waals surface area contributed by atoms with E-state index in [0.717, 1.165) is 19.3 Å². The van der Waals surface area contributed by atoms with E-state index in [2.05, 4.69) is 28.0 Å². The Bertz CT molecular complexity index is 630. The van der Waals surface area contributed by atoms with Crippen molar-refractivity contribution in [2.75, 3.05) is 5.43 Å². The third kappa shape index (κ3) is 3.81. The number of nitrogens with one attached hydrogen (secondary N) is 2. The van der Waals surface area contributed by atoms with Gasteiger partial charge in [0.1, 0.15) is 10.0 Å². The minimum Gasteiger partial charge on any atom is -0.476 e. The summed E-state index contributed by atoms with van der Waals surface area (Å²) in [4.78, 5) is 14.7. The maximum Gasteiger partial charge on any atom is 0.356 e. The SMILES string of the molecule is O=C(O)c1nc(Cl)c(Cl)c(NNC=C2CC=CCC2)c1Cl. The highest BCUT2D eigenvalue weighted by atomic mass is 35.5. The Labute approximate surface area is 136 Å². The molecule has 0 radical (unpaired) electrons. The van der Waals surface area contributed by atoms with E-state index in [0.29, 0.717) is 0 Å². The van der Waals surface area contributed by atoms with E-state index in [4.69, 9.17) is 39.9 Å². The zero-order valence-corrected chi connectivity index (χ0v) is 13.1. The number of carboxylic acids is 1. The maximum absolute atomic E-state index is 11.0. The lowest BCUT2D eigenvalue weighted by molar-refractivity contribution is 0.0691. The molecule has 1 heterocycles. The molecule has 1 aliphatic carbocycles. The predicted octanol–water partition coefficient (Wildman–Crippen LogP) is 4.28. The zero-order chi connectivity index (χ0) is 15.4. The molecule has 0 fully saturated rings. The van der Waals surface area contributed by atoms with E-state index in [9.17, 15) is 4.79 Å². The quantitative estimate of drug-likeness (QED) is 0.430. The molecule has 112 valence electrons. The first-order valence-electron chi connectivity index (χ1n) is 6.13. The summed E-state index contributed by atoms with van der Waals surface area (Å²) in [6.45, 7) is 0. The highest BCUT2D eigenvalue weighted by molar-refractivity contribution is 6.46. The molecule has 0 spiro atoms. The average Bonchev–Trinajstić information content (AvgIpc) is 2.47. The van der Waals surface area contributed by atoms with Gasteiger partial charge in [-0.05, 0) is 24.8 Å². The fraction of sp³-hybridized carbons (Fsp3) is 0.231. The number of aromatic carboxylic acids is 1. The molecule has 0 saturated heterocycles. The van der Waals surface area contributed by atoms with Gasteiger partial charge in [-0.3, -0.25) is 5.43 Å². The van der Waals surface area contributed by atoms with Crippen molar-refractivity contribution in [2.45, 2.75) is 19.3 Å². The Kier molecular flexibility index (Phi) is 5.33. The fourth-order valence-corrected chi connectivity index (χ4v) is 2.51. The van der Waals surface area contributed by atoms with Crippen LogP contribution in [0.3, 0.4) is 0 Å². The molecular formula is C13H12Cl3N3O2. The lowest BCUT2D eigenvalue weighted by Gasteiger charge is -2.14. The summed E-state index contributed by atoms with van der Waals surface area (Å²) < 4.78 is 0. The van der Waals surface area contributed by atoms with Gasteiger partial charge in [-0.1, -0.05) is 47.0 Å². The number of carboxylic acid groups (broad SMARTS) is 1. The van der Waals surface area contributed by atoms with Gasteiger partial charge in [0, 0.05) is 6.20 Å². The van der Waals surface area contributed by atoms with E-state index in [1.165, 1.54) is 5.57 Å². The van der Waals surface area contributed by atoms with Crippen LogP contribution in [0.4, 0.5) is 5.69 Å². The van der Waals surface area contributed by atoms with Gasteiger partial charge in [-0.25, -0.2) is 9.78 Å². The lowest BCUT2D eigenvalue weighted by Crippen LogP contribution is -2.18. The fourth-order valence-electron chi connectivity index (χ4n) is 1.83. The monoisotopic (exact) mass is 347 g/mol. The summed E-state index contributed by atoms with van der Waals surface area (Å²) >= 11 is 17.8. The average molecular weight is 349 g/mol. The van der Waals surface area contributed by atoms with Gasteiger partial charge in [-0.2, -0.15) is 0 Å². The van der Waals surface area contributed by atoms with Crippen molar-refractivity contribution in [2.24, 2.45) is 0 Å². The normalized spacial score (nSPS) is 16.0. The minimum atomic E-state index is -1.28. The van der Waals surface area contributed by atoms with Crippen molar-refractivity contribution in [3.63, 3.8) is 0 Å². The number of hydrazine groups is 1. The number of hydrogen-bond acceptors (Lipinski definition) is 4. The van der Waals surface area contributed by atoms with Crippen LogP contribution in [0.2, 0.25) is 15.2 Å². The summed E-state index contributed by atoms with van der Waals surface area (Å²) in [5.41, 5.74) is 6.64. The molecule has 8 heteroatoms. The van der Waals surface area contributed by atoms with Crippen LogP contribution in [-0.4, -0.2) is 16.1 Å². The van der Waals surface area contributed by atoms with E-state index >= 15 is 0 Å². The van der Waals surface area contributed by atoms with E-state index in [1.54, 1.807) is 6.20 Å². The second-order valence-corrected chi connectivity index (χ2v) is 5.46. The molecule has 0 bridgehead atoms. The Morgan fingerprint density at radius 2 is 2.05 bits per heavy atom. The summed E-state index contributed by atoms with van der Waals surface area (Å²) in [6, 6.07) is 0. The van der Waals surface area contributed by atoms with Crippen LogP contribution >= 0.6 is 34.8 Å². The van der Waals surface area contributed by atoms with Gasteiger partial charge < -0.3 is 10.5 Å². The number of nitrogens with zero attached hydrogens (tertiary/aromatic N) is 1. The molecule has 0 amide bonds. The van der Waals surface area contributed by atoms with Crippen LogP contribution < -0.4 is 10.9 Å². The topological polar surface area (TPSA) is 74.2 Å². The number of hydrogen-bond donors (Lipinski definition) is 3. The largest absolute Gasteiger partial charge is 0.476 e. The van der Waals surface area contributed by atoms with E-state index < -0.39 is 5.97 Å². The molecule has 1 aliphatic rings. The highest BCUT2D eigenvalue weighted by Gasteiger charge is 2.20. The van der Waals surface area contributed by atoms with Gasteiger partial charge in [-0.15, -0.1) is 0 Å². The Morgan fingerprint density at radius 3 is 2.67 bits per heavy atom. The minimum absolute atomic E-state index is 0.0566. The Morgan fingerprint density at radius 1 is 1.29 bits per heavy atom. The van der Waals surface area contributed by atoms with Crippen LogP contribution in [0, 0.1) is 0 Å².